The Labute approximate surface area is 850 Å². The summed E-state index contributed by atoms with van der Waals surface area (Å²) >= 11 is 0. The summed E-state index contributed by atoms with van der Waals surface area (Å²) in [5.74, 6) is 0. The van der Waals surface area contributed by atoms with Gasteiger partial charge in [0.15, 0.2) is 0 Å². The minimum atomic E-state index is 0. The molecular formula is C139H91N9. The van der Waals surface area contributed by atoms with E-state index in [0.29, 0.717) is 0 Å². The lowest BCUT2D eigenvalue weighted by Gasteiger charge is -2.13. The molecule has 0 radical (unpaired) electrons. The van der Waals surface area contributed by atoms with Crippen molar-refractivity contribution in [2.75, 3.05) is 0 Å². The van der Waals surface area contributed by atoms with Crippen molar-refractivity contribution >= 4 is 229 Å². The van der Waals surface area contributed by atoms with Crippen LogP contribution in [-0.4, -0.2) is 41.1 Å². The maximum Gasteiger partial charge on any atom is 0.0562 e. The van der Waals surface area contributed by atoms with Crippen molar-refractivity contribution in [2.24, 2.45) is 0 Å². The van der Waals surface area contributed by atoms with Gasteiger partial charge in [-0.3, -0.25) is 0 Å². The number of rotatable bonds is 9. The van der Waals surface area contributed by atoms with E-state index < -0.39 is 0 Å². The van der Waals surface area contributed by atoms with Crippen LogP contribution >= 0.6 is 0 Å². The van der Waals surface area contributed by atoms with Gasteiger partial charge in [0.2, 0.25) is 0 Å². The molecule has 0 saturated carbocycles. The molecule has 0 fully saturated rings. The Morgan fingerprint density at radius 3 is 0.514 bits per heavy atom. The van der Waals surface area contributed by atoms with Crippen LogP contribution in [0.5, 0.6) is 0 Å². The molecule has 0 bridgehead atoms. The molecule has 33 rings (SSSR count). The molecule has 0 spiro atoms. The van der Waals surface area contributed by atoms with Crippen molar-refractivity contribution in [2.45, 2.75) is 7.43 Å². The second-order valence-electron chi connectivity index (χ2n) is 38.9. The molecule has 0 aliphatic heterocycles. The van der Waals surface area contributed by atoms with Gasteiger partial charge in [-0.2, -0.15) is 0 Å². The van der Waals surface area contributed by atoms with Crippen LogP contribution in [0.25, 0.3) is 280 Å². The van der Waals surface area contributed by atoms with Crippen molar-refractivity contribution in [3.05, 3.63) is 528 Å². The summed E-state index contributed by atoms with van der Waals surface area (Å²) in [4.78, 5) is 0. The number of nitrogens with zero attached hydrogens (tertiary/aromatic N) is 9. The van der Waals surface area contributed by atoms with E-state index in [9.17, 15) is 0 Å². The molecule has 9 heteroatoms. The molecule has 692 valence electrons. The van der Waals surface area contributed by atoms with Gasteiger partial charge in [-0.1, -0.05) is 341 Å². The Hall–Kier alpha value is -19.7. The van der Waals surface area contributed by atoms with Gasteiger partial charge >= 0.3 is 0 Å². The van der Waals surface area contributed by atoms with Crippen LogP contribution in [0, 0.1) is 0 Å². The Bertz CT molecular complexity index is 11200. The topological polar surface area (TPSA) is 44.4 Å². The molecule has 0 saturated heterocycles. The average Bonchev–Trinajstić information content (AvgIpc) is 1.54. The molecule has 0 aliphatic rings. The Kier molecular flexibility index (Phi) is 18.8. The lowest BCUT2D eigenvalue weighted by molar-refractivity contribution is 1.16. The van der Waals surface area contributed by atoms with Crippen molar-refractivity contribution in [3.8, 4) is 51.2 Å². The summed E-state index contributed by atoms with van der Waals surface area (Å²) in [7, 11) is 0. The summed E-state index contributed by atoms with van der Waals surface area (Å²) < 4.78 is 22.0. The highest BCUT2D eigenvalue weighted by molar-refractivity contribution is 6.24. The highest BCUT2D eigenvalue weighted by atomic mass is 15.1. The first kappa shape index (κ1) is 84.0. The molecule has 9 heterocycles. The van der Waals surface area contributed by atoms with Gasteiger partial charge in [0.25, 0.3) is 0 Å². The second kappa shape index (κ2) is 33.2. The highest BCUT2D eigenvalue weighted by Crippen LogP contribution is 2.49. The van der Waals surface area contributed by atoms with E-state index in [1.807, 2.05) is 0 Å². The number of benzene rings is 24. The average molecular weight is 1890 g/mol. The van der Waals surface area contributed by atoms with Crippen molar-refractivity contribution < 1.29 is 0 Å². The second-order valence-corrected chi connectivity index (χ2v) is 38.9. The molecule has 0 amide bonds. The number of hydrogen-bond acceptors (Lipinski definition) is 0. The molecule has 9 aromatic heterocycles. The van der Waals surface area contributed by atoms with Crippen LogP contribution in [0.1, 0.15) is 7.43 Å². The number of fused-ring (bicyclic) bond motifs is 30. The maximum atomic E-state index is 2.49. The molecule has 9 nitrogen and oxygen atoms in total. The van der Waals surface area contributed by atoms with Crippen LogP contribution in [0.2, 0.25) is 0 Å². The zero-order valence-electron chi connectivity index (χ0n) is 79.8. The lowest BCUT2D eigenvalue weighted by atomic mass is 10.1. The van der Waals surface area contributed by atoms with Gasteiger partial charge in [-0.25, -0.2) is 0 Å². The summed E-state index contributed by atoms with van der Waals surface area (Å²) in [5, 5.41) is 30.0. The monoisotopic (exact) mass is 1890 g/mol. The number of aromatic nitrogens is 9. The fraction of sp³-hybridized carbons (Fsp3) is 0.00719. The third-order valence-electron chi connectivity index (χ3n) is 31.2. The van der Waals surface area contributed by atoms with Crippen LogP contribution in [0.3, 0.4) is 0 Å². The first-order valence-electron chi connectivity index (χ1n) is 50.6. The molecule has 148 heavy (non-hydrogen) atoms. The van der Waals surface area contributed by atoms with E-state index in [0.717, 1.165) is 11.4 Å². The largest absolute Gasteiger partial charge is 0.309 e. The van der Waals surface area contributed by atoms with Crippen molar-refractivity contribution in [1.29, 1.82) is 0 Å². The van der Waals surface area contributed by atoms with E-state index in [1.54, 1.807) is 0 Å². The fourth-order valence-electron chi connectivity index (χ4n) is 25.1. The van der Waals surface area contributed by atoms with Crippen molar-refractivity contribution in [1.82, 2.24) is 41.1 Å². The quantitative estimate of drug-likeness (QED) is 0.138. The molecule has 24 aromatic carbocycles. The van der Waals surface area contributed by atoms with Crippen LogP contribution < -0.4 is 0 Å². The van der Waals surface area contributed by atoms with Gasteiger partial charge in [0, 0.05) is 125 Å². The Morgan fingerprint density at radius 2 is 0.250 bits per heavy atom. The first-order chi connectivity index (χ1) is 73.0. The minimum Gasteiger partial charge on any atom is -0.309 e. The summed E-state index contributed by atoms with van der Waals surface area (Å²) in [6.07, 6.45) is 0. The molecule has 0 N–H and O–H groups in total. The zero-order valence-corrected chi connectivity index (χ0v) is 79.8. The van der Waals surface area contributed by atoms with Gasteiger partial charge in [-0.05, 0) is 226 Å². The molecular weight excluding hydrogens is 1800 g/mol. The predicted octanol–water partition coefficient (Wildman–Crippen LogP) is 37.0. The smallest absolute Gasteiger partial charge is 0.0562 e. The van der Waals surface area contributed by atoms with E-state index in [2.05, 4.69) is 569 Å². The van der Waals surface area contributed by atoms with Crippen LogP contribution in [0.4, 0.5) is 0 Å². The summed E-state index contributed by atoms with van der Waals surface area (Å²) in [5.41, 5.74) is 32.3. The van der Waals surface area contributed by atoms with E-state index >= 15 is 0 Å². The Balaban J connectivity index is 0.000000102. The first-order valence-corrected chi connectivity index (χ1v) is 50.6. The van der Waals surface area contributed by atoms with Gasteiger partial charge in [0.1, 0.15) is 0 Å². The molecule has 33 aromatic rings. The third kappa shape index (κ3) is 12.5. The van der Waals surface area contributed by atoms with Gasteiger partial charge in [-0.15, -0.1) is 0 Å². The number of para-hydroxylation sites is 12. The highest BCUT2D eigenvalue weighted by Gasteiger charge is 2.28. The minimum absolute atomic E-state index is 0. The third-order valence-corrected chi connectivity index (χ3v) is 31.2. The molecule has 0 aliphatic carbocycles. The van der Waals surface area contributed by atoms with Crippen LogP contribution in [-0.2, 0) is 0 Å². The standard InChI is InChI=1S/3C46H29N3.CH4/c1-2-13-31-28-32(25-24-30(31)12-1)47-39-18-7-5-16-36(39)38-29-33(26-27-43(38)47)48-42-21-10-6-17-37(42)46-44(48)22-11-23-45(46)49-40-19-8-3-14-34(40)35-15-4-9-20-41(35)49;1-2-14-31-29-32(28-27-30(31)13-1)47-39-21-9-5-17-35(39)45-41(47)23-11-25-43(45)49-40-22-10-6-18-36(40)46-42(24-12-26-44(46)49)48-37-19-7-3-15-33(37)34-16-4-8-20-38(34)48;1-2-13-31-28-32(25-24-30(31)12-1)48-42-21-10-6-17-37(42)46-44(48)22-11-23-45(46)49-41-20-9-5-16-36(41)38-29-33(26-27-43(38)49)47-39-18-7-3-14-34(39)35-15-4-8-19-40(35)47;/h3*1-29H;1H4. The van der Waals surface area contributed by atoms with E-state index in [1.165, 1.54) is 268 Å². The number of hydrogen-bond donors (Lipinski definition) is 0. The molecule has 0 atom stereocenters. The van der Waals surface area contributed by atoms with Gasteiger partial charge < -0.3 is 41.1 Å². The summed E-state index contributed by atoms with van der Waals surface area (Å²) in [6.45, 7) is 0. The zero-order chi connectivity index (χ0) is 96.2. The van der Waals surface area contributed by atoms with E-state index in [-0.39, 0.29) is 7.43 Å². The SMILES string of the molecule is C.c1ccc2cc(-n3c4ccccc4c4c(-n5c6ccccc6c6c(-n7c8ccccc8c8ccccc87)cccc65)cccc43)ccc2c1.c1ccc2cc(-n3c4ccccc4c4c(-n5c6ccccc6c6cc(-n7c8ccccc8c8ccccc87)ccc65)cccc43)ccc2c1.c1ccc2cc(-n3c4ccccc4c4cc(-n5c6ccccc6c6c(-n7c8ccccc8c8ccccc87)cccc65)ccc43)ccc2c1. The predicted molar refractivity (Wildman–Crippen MR) is 628 cm³/mol. The van der Waals surface area contributed by atoms with Gasteiger partial charge in [0.05, 0.1) is 122 Å². The maximum absolute atomic E-state index is 2.49. The molecule has 0 unspecified atom stereocenters. The van der Waals surface area contributed by atoms with Crippen molar-refractivity contribution in [3.63, 3.8) is 0 Å². The van der Waals surface area contributed by atoms with E-state index in [4.69, 9.17) is 0 Å². The van der Waals surface area contributed by atoms with Crippen LogP contribution in [0.15, 0.2) is 528 Å². The fourth-order valence-corrected chi connectivity index (χ4v) is 25.1. The Morgan fingerprint density at radius 1 is 0.0946 bits per heavy atom. The normalized spacial score (nSPS) is 12.0. The lowest BCUT2D eigenvalue weighted by Crippen LogP contribution is -1.98. The summed E-state index contributed by atoms with van der Waals surface area (Å²) in [6, 6.07) is 193.